The second kappa shape index (κ2) is 7.53. The van der Waals surface area contributed by atoms with Gasteiger partial charge in [-0.3, -0.25) is 0 Å². The fourth-order valence-corrected chi connectivity index (χ4v) is 1.77. The van der Waals surface area contributed by atoms with Crippen LogP contribution in [0.1, 0.15) is 27.7 Å². The standard InChI is InChI=1S/C15H22BrNO3/c1-5-17(14(18)20-15(2,3)4)10-11-19-13-8-6-12(16)7-9-13/h6-9H,5,10-11H2,1-4H3. The molecule has 1 amide bonds. The molecular formula is C15H22BrNO3. The molecule has 5 heteroatoms. The molecule has 0 saturated heterocycles. The van der Waals surface area contributed by atoms with Crippen LogP contribution in [0.4, 0.5) is 4.79 Å². The van der Waals surface area contributed by atoms with Crippen molar-refractivity contribution in [3.63, 3.8) is 0 Å². The second-order valence-corrected chi connectivity index (χ2v) is 6.28. The summed E-state index contributed by atoms with van der Waals surface area (Å²) in [6, 6.07) is 7.60. The smallest absolute Gasteiger partial charge is 0.410 e. The van der Waals surface area contributed by atoms with E-state index in [1.807, 2.05) is 52.0 Å². The van der Waals surface area contributed by atoms with Gasteiger partial charge in [-0.2, -0.15) is 0 Å². The van der Waals surface area contributed by atoms with Gasteiger partial charge < -0.3 is 14.4 Å². The maximum absolute atomic E-state index is 11.9. The van der Waals surface area contributed by atoms with Gasteiger partial charge in [-0.1, -0.05) is 15.9 Å². The zero-order chi connectivity index (χ0) is 15.2. The lowest BCUT2D eigenvalue weighted by Gasteiger charge is -2.26. The molecule has 0 bridgehead atoms. The zero-order valence-corrected chi connectivity index (χ0v) is 14.1. The lowest BCUT2D eigenvalue weighted by molar-refractivity contribution is 0.0237. The highest BCUT2D eigenvalue weighted by Gasteiger charge is 2.20. The Morgan fingerprint density at radius 1 is 1.25 bits per heavy atom. The summed E-state index contributed by atoms with van der Waals surface area (Å²) in [6.45, 7) is 9.03. The fourth-order valence-electron chi connectivity index (χ4n) is 1.51. The predicted molar refractivity (Wildman–Crippen MR) is 83.1 cm³/mol. The molecule has 0 radical (unpaired) electrons. The Morgan fingerprint density at radius 3 is 2.35 bits per heavy atom. The molecule has 112 valence electrons. The minimum absolute atomic E-state index is 0.306. The van der Waals surface area contributed by atoms with Crippen LogP contribution < -0.4 is 4.74 Å². The van der Waals surface area contributed by atoms with E-state index < -0.39 is 5.60 Å². The van der Waals surface area contributed by atoms with Crippen molar-refractivity contribution in [2.24, 2.45) is 0 Å². The molecule has 0 aliphatic rings. The molecule has 0 unspecified atom stereocenters. The Labute approximate surface area is 129 Å². The van der Waals surface area contributed by atoms with Crippen molar-refractivity contribution in [1.29, 1.82) is 0 Å². The average Bonchev–Trinajstić information content (AvgIpc) is 2.34. The maximum Gasteiger partial charge on any atom is 0.410 e. The summed E-state index contributed by atoms with van der Waals surface area (Å²) in [7, 11) is 0. The first-order valence-electron chi connectivity index (χ1n) is 6.68. The third-order valence-electron chi connectivity index (χ3n) is 2.48. The number of hydrogen-bond acceptors (Lipinski definition) is 3. The van der Waals surface area contributed by atoms with E-state index in [-0.39, 0.29) is 6.09 Å². The van der Waals surface area contributed by atoms with Gasteiger partial charge in [0.2, 0.25) is 0 Å². The fraction of sp³-hybridized carbons (Fsp3) is 0.533. The van der Waals surface area contributed by atoms with Crippen LogP contribution in [0.25, 0.3) is 0 Å². The van der Waals surface area contributed by atoms with Crippen LogP contribution in [0, 0.1) is 0 Å². The van der Waals surface area contributed by atoms with Gasteiger partial charge in [-0.25, -0.2) is 4.79 Å². The van der Waals surface area contributed by atoms with E-state index in [1.165, 1.54) is 0 Å². The first-order valence-corrected chi connectivity index (χ1v) is 7.47. The van der Waals surface area contributed by atoms with Crippen molar-refractivity contribution in [3.8, 4) is 5.75 Å². The Morgan fingerprint density at radius 2 is 1.85 bits per heavy atom. The van der Waals surface area contributed by atoms with Gasteiger partial charge in [0.15, 0.2) is 0 Å². The normalized spacial score (nSPS) is 11.1. The number of rotatable bonds is 5. The number of likely N-dealkylation sites (N-methyl/N-ethyl adjacent to an activating group) is 1. The molecule has 1 aromatic rings. The van der Waals surface area contributed by atoms with Crippen LogP contribution >= 0.6 is 15.9 Å². The summed E-state index contributed by atoms with van der Waals surface area (Å²) >= 11 is 3.37. The zero-order valence-electron chi connectivity index (χ0n) is 12.5. The first-order chi connectivity index (χ1) is 9.31. The second-order valence-electron chi connectivity index (χ2n) is 5.36. The molecule has 0 fully saturated rings. The number of carbonyl (C=O) groups is 1. The molecule has 0 atom stereocenters. The van der Waals surface area contributed by atoms with Crippen molar-refractivity contribution in [2.45, 2.75) is 33.3 Å². The highest BCUT2D eigenvalue weighted by Crippen LogP contribution is 2.16. The largest absolute Gasteiger partial charge is 0.492 e. The minimum atomic E-state index is -0.475. The quantitative estimate of drug-likeness (QED) is 0.808. The topological polar surface area (TPSA) is 38.8 Å². The molecule has 1 aromatic carbocycles. The Bertz CT molecular complexity index is 426. The van der Waals surface area contributed by atoms with Crippen LogP contribution in [0.15, 0.2) is 28.7 Å². The van der Waals surface area contributed by atoms with Crippen LogP contribution in [0.3, 0.4) is 0 Å². The maximum atomic E-state index is 11.9. The summed E-state index contributed by atoms with van der Waals surface area (Å²) in [4.78, 5) is 13.5. The Kier molecular flexibility index (Phi) is 6.33. The molecule has 1 rings (SSSR count). The van der Waals surface area contributed by atoms with E-state index >= 15 is 0 Å². The van der Waals surface area contributed by atoms with E-state index in [0.717, 1.165) is 10.2 Å². The molecule has 0 spiro atoms. The molecular weight excluding hydrogens is 322 g/mol. The molecule has 0 saturated carbocycles. The Hall–Kier alpha value is -1.23. The minimum Gasteiger partial charge on any atom is -0.492 e. The van der Waals surface area contributed by atoms with E-state index in [4.69, 9.17) is 9.47 Å². The third-order valence-corrected chi connectivity index (χ3v) is 3.01. The lowest BCUT2D eigenvalue weighted by atomic mass is 10.2. The number of carbonyl (C=O) groups excluding carboxylic acids is 1. The molecule has 0 aliphatic carbocycles. The van der Waals surface area contributed by atoms with E-state index in [9.17, 15) is 4.79 Å². The van der Waals surface area contributed by atoms with Gasteiger partial charge >= 0.3 is 6.09 Å². The number of ether oxygens (including phenoxy) is 2. The van der Waals surface area contributed by atoms with Crippen molar-refractivity contribution in [3.05, 3.63) is 28.7 Å². The van der Waals surface area contributed by atoms with Gasteiger partial charge in [0.05, 0.1) is 6.54 Å². The van der Waals surface area contributed by atoms with E-state index in [1.54, 1.807) is 4.90 Å². The van der Waals surface area contributed by atoms with Crippen molar-refractivity contribution in [2.75, 3.05) is 19.7 Å². The number of amides is 1. The molecule has 0 aromatic heterocycles. The van der Waals surface area contributed by atoms with Gasteiger partial charge in [-0.05, 0) is 52.0 Å². The summed E-state index contributed by atoms with van der Waals surface area (Å²) in [5.41, 5.74) is -0.475. The molecule has 4 nitrogen and oxygen atoms in total. The van der Waals surface area contributed by atoms with E-state index in [2.05, 4.69) is 15.9 Å². The first kappa shape index (κ1) is 16.8. The van der Waals surface area contributed by atoms with Crippen LogP contribution in [0.5, 0.6) is 5.75 Å². The summed E-state index contributed by atoms with van der Waals surface area (Å²) in [5.74, 6) is 0.786. The van der Waals surface area contributed by atoms with Gasteiger partial charge in [-0.15, -0.1) is 0 Å². The summed E-state index contributed by atoms with van der Waals surface area (Å²) in [5, 5.41) is 0. The SMILES string of the molecule is CCN(CCOc1ccc(Br)cc1)C(=O)OC(C)(C)C. The predicted octanol–water partition coefficient (Wildman–Crippen LogP) is 4.08. The molecule has 0 heterocycles. The van der Waals surface area contributed by atoms with Crippen LogP contribution in [-0.2, 0) is 4.74 Å². The number of nitrogens with zero attached hydrogens (tertiary/aromatic N) is 1. The highest BCUT2D eigenvalue weighted by atomic mass is 79.9. The van der Waals surface area contributed by atoms with Crippen molar-refractivity contribution < 1.29 is 14.3 Å². The van der Waals surface area contributed by atoms with Gasteiger partial charge in [0, 0.05) is 11.0 Å². The molecule has 0 aliphatic heterocycles. The van der Waals surface area contributed by atoms with Crippen molar-refractivity contribution >= 4 is 22.0 Å². The van der Waals surface area contributed by atoms with Gasteiger partial charge in [0.1, 0.15) is 18.0 Å². The Balaban J connectivity index is 2.41. The van der Waals surface area contributed by atoms with Crippen LogP contribution in [-0.4, -0.2) is 36.3 Å². The third kappa shape index (κ3) is 6.28. The summed E-state index contributed by atoms with van der Waals surface area (Å²) < 4.78 is 11.9. The van der Waals surface area contributed by atoms with Crippen LogP contribution in [0.2, 0.25) is 0 Å². The average molecular weight is 344 g/mol. The highest BCUT2D eigenvalue weighted by molar-refractivity contribution is 9.10. The number of benzene rings is 1. The monoisotopic (exact) mass is 343 g/mol. The number of halogens is 1. The summed E-state index contributed by atoms with van der Waals surface area (Å²) in [6.07, 6.45) is -0.306. The molecule has 20 heavy (non-hydrogen) atoms. The lowest BCUT2D eigenvalue weighted by Crippen LogP contribution is -2.38. The van der Waals surface area contributed by atoms with Gasteiger partial charge in [0.25, 0.3) is 0 Å². The molecule has 0 N–H and O–H groups in total. The van der Waals surface area contributed by atoms with Crippen molar-refractivity contribution in [1.82, 2.24) is 4.90 Å². The van der Waals surface area contributed by atoms with E-state index in [0.29, 0.717) is 19.7 Å². The number of hydrogen-bond donors (Lipinski definition) is 0.